The molecule has 0 saturated heterocycles. The maximum Gasteiger partial charge on any atom is 0.310 e. The molecule has 6 nitrogen and oxygen atoms in total. The summed E-state index contributed by atoms with van der Waals surface area (Å²) in [6, 6.07) is 5.61. The number of hydrogen-bond donors (Lipinski definition) is 1. The minimum Gasteiger partial charge on any atom is -0.484 e. The molecule has 110 valence electrons. The minimum atomic E-state index is -0.423. The lowest BCUT2D eigenvalue weighted by Crippen LogP contribution is -2.15. The van der Waals surface area contributed by atoms with Crippen LogP contribution in [0.4, 0.5) is 5.69 Å². The Kier molecular flexibility index (Phi) is 5.31. The Balaban J connectivity index is 1.98. The van der Waals surface area contributed by atoms with Crippen molar-refractivity contribution in [3.05, 3.63) is 33.9 Å². The van der Waals surface area contributed by atoms with Crippen LogP contribution in [0.1, 0.15) is 25.3 Å². The molecule has 6 heteroatoms. The second kappa shape index (κ2) is 7.21. The van der Waals surface area contributed by atoms with E-state index in [0.29, 0.717) is 38.2 Å². The summed E-state index contributed by atoms with van der Waals surface area (Å²) in [5, 5.41) is 14.4. The second-order valence-electron chi connectivity index (χ2n) is 4.76. The van der Waals surface area contributed by atoms with Crippen LogP contribution in [-0.4, -0.2) is 30.8 Å². The van der Waals surface area contributed by atoms with Gasteiger partial charge >= 0.3 is 5.69 Å². The maximum atomic E-state index is 11.0. The molecule has 0 unspecified atom stereocenters. The number of hydrogen-bond acceptors (Lipinski definition) is 5. The molecule has 20 heavy (non-hydrogen) atoms. The molecule has 0 atom stereocenters. The van der Waals surface area contributed by atoms with Crippen LogP contribution in [0.25, 0.3) is 0 Å². The van der Waals surface area contributed by atoms with E-state index in [0.717, 1.165) is 5.56 Å². The Morgan fingerprint density at radius 3 is 2.85 bits per heavy atom. The monoisotopic (exact) mass is 280 g/mol. The van der Waals surface area contributed by atoms with Gasteiger partial charge in [0.05, 0.1) is 11.5 Å². The van der Waals surface area contributed by atoms with E-state index in [2.05, 4.69) is 5.32 Å². The van der Waals surface area contributed by atoms with Crippen molar-refractivity contribution in [3.63, 3.8) is 0 Å². The lowest BCUT2D eigenvalue weighted by molar-refractivity contribution is -0.385. The van der Waals surface area contributed by atoms with Crippen molar-refractivity contribution < 1.29 is 14.4 Å². The van der Waals surface area contributed by atoms with Gasteiger partial charge in [0.25, 0.3) is 0 Å². The summed E-state index contributed by atoms with van der Waals surface area (Å²) < 4.78 is 10.6. The van der Waals surface area contributed by atoms with E-state index in [-0.39, 0.29) is 5.69 Å². The third-order valence-corrected chi connectivity index (χ3v) is 3.08. The van der Waals surface area contributed by atoms with Gasteiger partial charge in [0.2, 0.25) is 0 Å². The average Bonchev–Trinajstić information content (AvgIpc) is 3.25. The Morgan fingerprint density at radius 1 is 1.40 bits per heavy atom. The van der Waals surface area contributed by atoms with E-state index >= 15 is 0 Å². The zero-order valence-corrected chi connectivity index (χ0v) is 11.6. The standard InChI is InChI=1S/C14H20N2O4/c1-2-19-7-8-20-14-9-11(10-15-12-4-5-12)3-6-13(14)16(17)18/h3,6,9,12,15H,2,4-5,7-8,10H2,1H3. The van der Waals surface area contributed by atoms with E-state index in [1.54, 1.807) is 12.1 Å². The third-order valence-electron chi connectivity index (χ3n) is 3.08. The van der Waals surface area contributed by atoms with Crippen LogP contribution < -0.4 is 10.1 Å². The molecule has 1 aromatic carbocycles. The predicted octanol–water partition coefficient (Wildman–Crippen LogP) is 2.26. The molecule has 1 N–H and O–H groups in total. The number of nitro benzene ring substituents is 1. The molecule has 1 fully saturated rings. The zero-order valence-electron chi connectivity index (χ0n) is 11.6. The largest absolute Gasteiger partial charge is 0.484 e. The van der Waals surface area contributed by atoms with Gasteiger partial charge < -0.3 is 14.8 Å². The zero-order chi connectivity index (χ0) is 14.4. The van der Waals surface area contributed by atoms with Crippen LogP contribution in [0, 0.1) is 10.1 Å². The van der Waals surface area contributed by atoms with Gasteiger partial charge in [0.1, 0.15) is 6.61 Å². The molecule has 0 aromatic heterocycles. The molecule has 1 aliphatic rings. The molecule has 2 rings (SSSR count). The number of rotatable bonds is 9. The van der Waals surface area contributed by atoms with Crippen LogP contribution in [-0.2, 0) is 11.3 Å². The Bertz CT molecular complexity index is 460. The lowest BCUT2D eigenvalue weighted by atomic mass is 10.2. The van der Waals surface area contributed by atoms with Crippen molar-refractivity contribution in [3.8, 4) is 5.75 Å². The molecule has 1 saturated carbocycles. The summed E-state index contributed by atoms with van der Waals surface area (Å²) in [5.74, 6) is 0.310. The molecule has 1 aromatic rings. The van der Waals surface area contributed by atoms with Gasteiger partial charge in [-0.3, -0.25) is 10.1 Å². The number of nitrogens with zero attached hydrogens (tertiary/aromatic N) is 1. The Labute approximate surface area is 118 Å². The Morgan fingerprint density at radius 2 is 2.20 bits per heavy atom. The van der Waals surface area contributed by atoms with Gasteiger partial charge in [-0.25, -0.2) is 0 Å². The fourth-order valence-corrected chi connectivity index (χ4v) is 1.84. The van der Waals surface area contributed by atoms with E-state index in [4.69, 9.17) is 9.47 Å². The van der Waals surface area contributed by atoms with Crippen molar-refractivity contribution in [1.82, 2.24) is 5.32 Å². The van der Waals surface area contributed by atoms with Crippen molar-refractivity contribution in [1.29, 1.82) is 0 Å². The minimum absolute atomic E-state index is 0.00308. The van der Waals surface area contributed by atoms with E-state index in [1.807, 2.05) is 6.92 Å². The molecule has 0 amide bonds. The second-order valence-corrected chi connectivity index (χ2v) is 4.76. The summed E-state index contributed by atoms with van der Waals surface area (Å²) in [5.41, 5.74) is 0.991. The van der Waals surface area contributed by atoms with Crippen LogP contribution >= 0.6 is 0 Å². The highest BCUT2D eigenvalue weighted by Crippen LogP contribution is 2.28. The average molecular weight is 280 g/mol. The van der Waals surface area contributed by atoms with Gasteiger partial charge in [0, 0.05) is 25.3 Å². The molecule has 0 radical (unpaired) electrons. The van der Waals surface area contributed by atoms with Gasteiger partial charge in [0.15, 0.2) is 5.75 Å². The number of benzene rings is 1. The highest BCUT2D eigenvalue weighted by Gasteiger charge is 2.21. The molecular weight excluding hydrogens is 260 g/mol. The predicted molar refractivity (Wildman–Crippen MR) is 74.9 cm³/mol. The fraction of sp³-hybridized carbons (Fsp3) is 0.571. The van der Waals surface area contributed by atoms with Crippen LogP contribution in [0.15, 0.2) is 18.2 Å². The first-order valence-corrected chi connectivity index (χ1v) is 6.92. The SMILES string of the molecule is CCOCCOc1cc(CNC2CC2)ccc1[N+](=O)[O-]. The van der Waals surface area contributed by atoms with E-state index in [1.165, 1.54) is 18.9 Å². The fourth-order valence-electron chi connectivity index (χ4n) is 1.84. The summed E-state index contributed by atoms with van der Waals surface area (Å²) in [6.07, 6.45) is 2.43. The quantitative estimate of drug-likeness (QED) is 0.426. The topological polar surface area (TPSA) is 73.6 Å². The van der Waals surface area contributed by atoms with Crippen molar-refractivity contribution >= 4 is 5.69 Å². The van der Waals surface area contributed by atoms with Crippen LogP contribution in [0.2, 0.25) is 0 Å². The van der Waals surface area contributed by atoms with Crippen molar-refractivity contribution in [2.45, 2.75) is 32.4 Å². The summed E-state index contributed by atoms with van der Waals surface area (Å²) >= 11 is 0. The van der Waals surface area contributed by atoms with Crippen LogP contribution in [0.3, 0.4) is 0 Å². The van der Waals surface area contributed by atoms with Crippen molar-refractivity contribution in [2.75, 3.05) is 19.8 Å². The summed E-state index contributed by atoms with van der Waals surface area (Å²) in [6.45, 7) is 3.96. The normalized spacial score (nSPS) is 14.2. The number of nitro groups is 1. The van der Waals surface area contributed by atoms with Gasteiger partial charge in [-0.15, -0.1) is 0 Å². The number of ether oxygens (including phenoxy) is 2. The maximum absolute atomic E-state index is 11.0. The molecule has 0 heterocycles. The number of nitrogens with one attached hydrogen (secondary N) is 1. The first kappa shape index (κ1) is 14.7. The molecular formula is C14H20N2O4. The van der Waals surface area contributed by atoms with Crippen molar-refractivity contribution in [2.24, 2.45) is 0 Å². The molecule has 1 aliphatic carbocycles. The van der Waals surface area contributed by atoms with Crippen LogP contribution in [0.5, 0.6) is 5.75 Å². The first-order valence-electron chi connectivity index (χ1n) is 6.92. The highest BCUT2D eigenvalue weighted by atomic mass is 16.6. The summed E-state index contributed by atoms with van der Waals surface area (Å²) in [4.78, 5) is 10.6. The lowest BCUT2D eigenvalue weighted by Gasteiger charge is -2.09. The van der Waals surface area contributed by atoms with E-state index < -0.39 is 4.92 Å². The van der Waals surface area contributed by atoms with Gasteiger partial charge in [-0.05, 0) is 31.4 Å². The van der Waals surface area contributed by atoms with Gasteiger partial charge in [-0.1, -0.05) is 6.07 Å². The molecule has 0 bridgehead atoms. The van der Waals surface area contributed by atoms with E-state index in [9.17, 15) is 10.1 Å². The third kappa shape index (κ3) is 4.47. The smallest absolute Gasteiger partial charge is 0.310 e. The molecule has 0 spiro atoms. The summed E-state index contributed by atoms with van der Waals surface area (Å²) in [7, 11) is 0. The highest BCUT2D eigenvalue weighted by molar-refractivity contribution is 5.48. The van der Waals surface area contributed by atoms with Gasteiger partial charge in [-0.2, -0.15) is 0 Å². The first-order chi connectivity index (χ1) is 9.70. The Hall–Kier alpha value is -1.66. The molecule has 0 aliphatic heterocycles.